The van der Waals surface area contributed by atoms with E-state index in [0.29, 0.717) is 40.2 Å². The largest absolute Gasteiger partial charge is 0.493 e. The zero-order valence-electron chi connectivity index (χ0n) is 16.0. The second-order valence-corrected chi connectivity index (χ2v) is 7.26. The van der Waals surface area contributed by atoms with Crippen LogP contribution in [0.1, 0.15) is 37.3 Å². The maximum Gasteiger partial charge on any atom is 0.194 e. The molecule has 3 aromatic carbocycles. The van der Waals surface area contributed by atoms with E-state index in [1.807, 2.05) is 0 Å². The quantitative estimate of drug-likeness (QED) is 0.191. The number of hydrogen-bond donors (Lipinski definition) is 0. The minimum atomic E-state index is -1.46. The normalized spacial score (nSPS) is 12.0. The summed E-state index contributed by atoms with van der Waals surface area (Å²) in [6.07, 6.45) is 3.21. The van der Waals surface area contributed by atoms with E-state index in [4.69, 9.17) is 4.74 Å². The third-order valence-corrected chi connectivity index (χ3v) is 5.29. The molecule has 0 spiro atoms. The molecule has 0 heterocycles. The second-order valence-electron chi connectivity index (χ2n) is 7.26. The highest BCUT2D eigenvalue weighted by Gasteiger charge is 2.27. The summed E-state index contributed by atoms with van der Waals surface area (Å²) >= 11 is 0. The fraction of sp³-hybridized carbons (Fsp3) is 0.250. The lowest BCUT2D eigenvalue weighted by Gasteiger charge is -2.10. The molecule has 0 fully saturated rings. The molecule has 0 aliphatic heterocycles. The number of fused-ring (bicyclic) bond motifs is 3. The molecule has 29 heavy (non-hydrogen) atoms. The molecule has 1 aliphatic rings. The monoisotopic (exact) mass is 400 g/mol. The van der Waals surface area contributed by atoms with Crippen LogP contribution in [0, 0.1) is 23.3 Å². The molecule has 0 atom stereocenters. The summed E-state index contributed by atoms with van der Waals surface area (Å²) in [6, 6.07) is 10.9. The smallest absolute Gasteiger partial charge is 0.194 e. The highest BCUT2D eigenvalue weighted by molar-refractivity contribution is 5.80. The summed E-state index contributed by atoms with van der Waals surface area (Å²) in [5, 5.41) is 0. The first-order valence-electron chi connectivity index (χ1n) is 9.72. The summed E-state index contributed by atoms with van der Waals surface area (Å²) in [6.45, 7) is 2.65. The Hall–Kier alpha value is -2.82. The van der Waals surface area contributed by atoms with Gasteiger partial charge in [-0.2, -0.15) is 0 Å². The van der Waals surface area contributed by atoms with E-state index in [0.717, 1.165) is 25.3 Å². The van der Waals surface area contributed by atoms with Crippen molar-refractivity contribution in [3.63, 3.8) is 0 Å². The number of benzene rings is 3. The maximum atomic E-state index is 14.7. The van der Waals surface area contributed by atoms with Crippen LogP contribution in [0.2, 0.25) is 0 Å². The molecule has 0 saturated carbocycles. The average Bonchev–Trinajstić information content (AvgIpc) is 3.07. The number of unbranched alkanes of at least 4 members (excludes halogenated alkanes) is 2. The number of rotatable bonds is 6. The molecule has 3 aromatic rings. The van der Waals surface area contributed by atoms with Crippen molar-refractivity contribution < 1.29 is 22.3 Å². The van der Waals surface area contributed by atoms with Gasteiger partial charge in [-0.05, 0) is 46.9 Å². The first kappa shape index (κ1) is 19.5. The van der Waals surface area contributed by atoms with Gasteiger partial charge in [0.25, 0.3) is 0 Å². The summed E-state index contributed by atoms with van der Waals surface area (Å²) in [5.74, 6) is -3.77. The van der Waals surface area contributed by atoms with Crippen LogP contribution in [0.3, 0.4) is 0 Å². The zero-order chi connectivity index (χ0) is 20.5. The number of halogens is 4. The zero-order valence-corrected chi connectivity index (χ0v) is 16.0. The van der Waals surface area contributed by atoms with Crippen LogP contribution in [0.25, 0.3) is 22.3 Å². The third-order valence-electron chi connectivity index (χ3n) is 5.29. The van der Waals surface area contributed by atoms with Crippen molar-refractivity contribution in [2.75, 3.05) is 6.61 Å². The van der Waals surface area contributed by atoms with Crippen molar-refractivity contribution in [1.82, 2.24) is 0 Å². The topological polar surface area (TPSA) is 9.23 Å². The summed E-state index contributed by atoms with van der Waals surface area (Å²) in [4.78, 5) is 0. The Balaban J connectivity index is 1.61. The maximum absolute atomic E-state index is 14.7. The van der Waals surface area contributed by atoms with Crippen molar-refractivity contribution in [2.45, 2.75) is 32.6 Å². The predicted molar refractivity (Wildman–Crippen MR) is 105 cm³/mol. The van der Waals surface area contributed by atoms with Crippen LogP contribution in [0.15, 0.2) is 42.5 Å². The molecule has 1 aliphatic carbocycles. The molecule has 0 N–H and O–H groups in total. The molecule has 0 unspecified atom stereocenters. The minimum Gasteiger partial charge on any atom is -0.493 e. The highest BCUT2D eigenvalue weighted by Crippen LogP contribution is 2.41. The van der Waals surface area contributed by atoms with Crippen LogP contribution in [0.5, 0.6) is 5.75 Å². The van der Waals surface area contributed by atoms with Gasteiger partial charge in [0.05, 0.1) is 6.61 Å². The first-order chi connectivity index (χ1) is 14.0. The van der Waals surface area contributed by atoms with Gasteiger partial charge in [-0.15, -0.1) is 0 Å². The Kier molecular flexibility index (Phi) is 5.31. The lowest BCUT2D eigenvalue weighted by Crippen LogP contribution is -1.98. The molecular weight excluding hydrogens is 380 g/mol. The summed E-state index contributed by atoms with van der Waals surface area (Å²) in [7, 11) is 0. The first-order valence-corrected chi connectivity index (χ1v) is 9.72. The van der Waals surface area contributed by atoms with E-state index in [1.54, 1.807) is 30.3 Å². The van der Waals surface area contributed by atoms with Gasteiger partial charge >= 0.3 is 0 Å². The molecule has 0 bridgehead atoms. The highest BCUT2D eigenvalue weighted by atomic mass is 19.2. The van der Waals surface area contributed by atoms with Crippen molar-refractivity contribution in [3.8, 4) is 28.0 Å². The molecule has 0 amide bonds. The minimum absolute atomic E-state index is 0.132. The summed E-state index contributed by atoms with van der Waals surface area (Å²) < 4.78 is 61.5. The predicted octanol–water partition coefficient (Wildman–Crippen LogP) is 7.05. The Labute approximate surface area is 167 Å². The Morgan fingerprint density at radius 1 is 0.793 bits per heavy atom. The SMILES string of the molecule is CCCCCOc1ccc(-c2ccc3c(c2)Cc2c-3cc(F)c(F)c2F)c(F)c1. The van der Waals surface area contributed by atoms with Gasteiger partial charge in [-0.25, -0.2) is 17.6 Å². The molecular formula is C24H20F4O. The van der Waals surface area contributed by atoms with E-state index in [9.17, 15) is 17.6 Å². The number of hydrogen-bond acceptors (Lipinski definition) is 1. The van der Waals surface area contributed by atoms with Crippen molar-refractivity contribution in [2.24, 2.45) is 0 Å². The van der Waals surface area contributed by atoms with Crippen LogP contribution < -0.4 is 4.74 Å². The molecule has 0 aromatic heterocycles. The van der Waals surface area contributed by atoms with E-state index >= 15 is 0 Å². The Morgan fingerprint density at radius 2 is 1.59 bits per heavy atom. The molecule has 4 rings (SSSR count). The second kappa shape index (κ2) is 7.90. The fourth-order valence-corrected chi connectivity index (χ4v) is 3.77. The van der Waals surface area contributed by atoms with Crippen LogP contribution in [-0.2, 0) is 6.42 Å². The third kappa shape index (κ3) is 3.61. The van der Waals surface area contributed by atoms with Gasteiger partial charge in [0.1, 0.15) is 11.6 Å². The molecule has 0 radical (unpaired) electrons. The molecule has 150 valence electrons. The lowest BCUT2D eigenvalue weighted by atomic mass is 9.98. The average molecular weight is 400 g/mol. The lowest BCUT2D eigenvalue weighted by molar-refractivity contribution is 0.305. The van der Waals surface area contributed by atoms with Crippen LogP contribution >= 0.6 is 0 Å². The Morgan fingerprint density at radius 3 is 2.34 bits per heavy atom. The van der Waals surface area contributed by atoms with Gasteiger partial charge < -0.3 is 4.74 Å². The van der Waals surface area contributed by atoms with Gasteiger partial charge in [0.15, 0.2) is 17.5 Å². The Bertz CT molecular complexity index is 1070. The van der Waals surface area contributed by atoms with Crippen LogP contribution in [0.4, 0.5) is 17.6 Å². The number of ether oxygens (including phenoxy) is 1. The van der Waals surface area contributed by atoms with Gasteiger partial charge in [-0.3, -0.25) is 0 Å². The van der Waals surface area contributed by atoms with E-state index in [1.165, 1.54) is 6.07 Å². The van der Waals surface area contributed by atoms with E-state index in [2.05, 4.69) is 6.92 Å². The van der Waals surface area contributed by atoms with E-state index < -0.39 is 23.3 Å². The molecule has 1 nitrogen and oxygen atoms in total. The van der Waals surface area contributed by atoms with Crippen molar-refractivity contribution in [1.29, 1.82) is 0 Å². The van der Waals surface area contributed by atoms with Gasteiger partial charge in [-0.1, -0.05) is 38.0 Å². The van der Waals surface area contributed by atoms with Gasteiger partial charge in [0, 0.05) is 23.6 Å². The van der Waals surface area contributed by atoms with Gasteiger partial charge in [0.2, 0.25) is 0 Å². The van der Waals surface area contributed by atoms with Crippen LogP contribution in [-0.4, -0.2) is 6.61 Å². The van der Waals surface area contributed by atoms with Crippen molar-refractivity contribution in [3.05, 3.63) is 76.9 Å². The van der Waals surface area contributed by atoms with E-state index in [-0.39, 0.29) is 12.0 Å². The summed E-state index contributed by atoms with van der Waals surface area (Å²) in [5.41, 5.74) is 2.83. The van der Waals surface area contributed by atoms with Crippen molar-refractivity contribution >= 4 is 0 Å². The molecule has 5 heteroatoms. The fourth-order valence-electron chi connectivity index (χ4n) is 3.77. The molecule has 0 saturated heterocycles. The standard InChI is InChI=1S/C24H20F4O/c1-2-3-4-9-29-16-6-8-18(21(25)12-16)14-5-7-17-15(10-14)11-20-19(17)13-22(26)24(28)23(20)27/h5-8,10,12-13H,2-4,9,11H2,1H3.